The van der Waals surface area contributed by atoms with Gasteiger partial charge in [0.25, 0.3) is 0 Å². The van der Waals surface area contributed by atoms with Crippen molar-refractivity contribution >= 4 is 13.9 Å². The van der Waals surface area contributed by atoms with Crippen molar-refractivity contribution in [2.45, 2.75) is 71.7 Å². The monoisotopic (exact) mass is 348 g/mol. The average molecular weight is 349 g/mol. The highest BCUT2D eigenvalue weighted by atomic mass is 28.4. The molecule has 1 unspecified atom stereocenters. The number of aromatic nitrogens is 2. The SMILES string of the molecule is CC1(CO)CC=C(c2nccc(CO[Si](C)(C)C(C)(C)C)n2)CC1. The molecule has 0 aromatic carbocycles. The summed E-state index contributed by atoms with van der Waals surface area (Å²) in [5, 5.41) is 9.69. The molecular weight excluding hydrogens is 316 g/mol. The third kappa shape index (κ3) is 4.52. The molecule has 1 aliphatic rings. The Labute approximate surface area is 147 Å². The lowest BCUT2D eigenvalue weighted by atomic mass is 9.77. The average Bonchev–Trinajstić information content (AvgIpc) is 2.53. The van der Waals surface area contributed by atoms with Gasteiger partial charge in [-0.05, 0) is 54.4 Å². The second-order valence-corrected chi connectivity index (χ2v) is 13.6. The van der Waals surface area contributed by atoms with Gasteiger partial charge in [-0.25, -0.2) is 9.97 Å². The molecule has 0 fully saturated rings. The van der Waals surface area contributed by atoms with Gasteiger partial charge in [0.15, 0.2) is 14.1 Å². The summed E-state index contributed by atoms with van der Waals surface area (Å²) < 4.78 is 6.27. The lowest BCUT2D eigenvalue weighted by Crippen LogP contribution is -2.40. The zero-order valence-electron chi connectivity index (χ0n) is 16.0. The molecule has 0 saturated carbocycles. The molecule has 0 aliphatic heterocycles. The van der Waals surface area contributed by atoms with E-state index in [1.54, 1.807) is 0 Å². The van der Waals surface area contributed by atoms with Gasteiger partial charge in [0.2, 0.25) is 0 Å². The summed E-state index contributed by atoms with van der Waals surface area (Å²) in [5.74, 6) is 0.811. The van der Waals surface area contributed by atoms with Gasteiger partial charge < -0.3 is 9.53 Å². The highest BCUT2D eigenvalue weighted by Crippen LogP contribution is 2.38. The first-order valence-electron chi connectivity index (χ1n) is 8.82. The summed E-state index contributed by atoms with van der Waals surface area (Å²) in [5.41, 5.74) is 2.14. The van der Waals surface area contributed by atoms with Crippen LogP contribution in [0.4, 0.5) is 0 Å². The Morgan fingerprint density at radius 1 is 1.33 bits per heavy atom. The van der Waals surface area contributed by atoms with Gasteiger partial charge in [0, 0.05) is 12.8 Å². The van der Waals surface area contributed by atoms with Crippen LogP contribution in [-0.2, 0) is 11.0 Å². The van der Waals surface area contributed by atoms with E-state index >= 15 is 0 Å². The molecule has 24 heavy (non-hydrogen) atoms. The van der Waals surface area contributed by atoms with Gasteiger partial charge in [0.1, 0.15) is 0 Å². The third-order valence-corrected chi connectivity index (χ3v) is 10.1. The van der Waals surface area contributed by atoms with E-state index in [1.807, 2.05) is 12.3 Å². The smallest absolute Gasteiger partial charge is 0.192 e. The van der Waals surface area contributed by atoms with Crippen LogP contribution in [0.1, 0.15) is 58.5 Å². The summed E-state index contributed by atoms with van der Waals surface area (Å²) in [7, 11) is -1.77. The van der Waals surface area contributed by atoms with E-state index in [0.717, 1.165) is 30.8 Å². The summed E-state index contributed by atoms with van der Waals surface area (Å²) in [6.45, 7) is 14.2. The highest BCUT2D eigenvalue weighted by molar-refractivity contribution is 6.74. The third-order valence-electron chi connectivity index (χ3n) is 5.61. The van der Waals surface area contributed by atoms with Gasteiger partial charge in [-0.2, -0.15) is 0 Å². The molecular formula is C19H32N2O2Si. The molecule has 1 aromatic rings. The van der Waals surface area contributed by atoms with E-state index in [2.05, 4.69) is 51.8 Å². The van der Waals surface area contributed by atoms with E-state index in [1.165, 1.54) is 5.57 Å². The minimum atomic E-state index is -1.77. The fraction of sp³-hybridized carbons (Fsp3) is 0.684. The summed E-state index contributed by atoms with van der Waals surface area (Å²) in [6, 6.07) is 1.94. The Bertz CT molecular complexity index is 608. The Hall–Kier alpha value is -1.04. The Balaban J connectivity index is 2.08. The van der Waals surface area contributed by atoms with Crippen LogP contribution in [0, 0.1) is 5.41 Å². The number of hydrogen-bond acceptors (Lipinski definition) is 4. The minimum absolute atomic E-state index is 0.00650. The molecule has 4 nitrogen and oxygen atoms in total. The second-order valence-electron chi connectivity index (χ2n) is 8.82. The van der Waals surface area contributed by atoms with E-state index in [-0.39, 0.29) is 17.1 Å². The topological polar surface area (TPSA) is 55.2 Å². The fourth-order valence-electron chi connectivity index (χ4n) is 2.46. The number of aliphatic hydroxyl groups is 1. The van der Waals surface area contributed by atoms with Crippen LogP contribution in [0.25, 0.3) is 5.57 Å². The largest absolute Gasteiger partial charge is 0.411 e. The normalized spacial score (nSPS) is 22.4. The number of rotatable bonds is 5. The van der Waals surface area contributed by atoms with Crippen molar-refractivity contribution in [2.24, 2.45) is 5.41 Å². The molecule has 1 aromatic heterocycles. The van der Waals surface area contributed by atoms with Crippen LogP contribution in [0.15, 0.2) is 18.3 Å². The standard InChI is InChI=1S/C19H32N2O2Si/c1-18(2,3)24(5,6)23-13-16-9-12-20-17(21-16)15-7-10-19(4,14-22)11-8-15/h7,9,12,22H,8,10-11,13-14H2,1-6H3. The van der Waals surface area contributed by atoms with Crippen molar-refractivity contribution in [1.29, 1.82) is 0 Å². The zero-order valence-corrected chi connectivity index (χ0v) is 17.0. The van der Waals surface area contributed by atoms with Crippen molar-refractivity contribution in [3.8, 4) is 0 Å². The Morgan fingerprint density at radius 3 is 2.58 bits per heavy atom. The molecule has 2 rings (SSSR count). The Kier molecular flexibility index (Phi) is 5.67. The van der Waals surface area contributed by atoms with Crippen LogP contribution in [0.5, 0.6) is 0 Å². The molecule has 5 heteroatoms. The number of nitrogens with zero attached hydrogens (tertiary/aromatic N) is 2. The first-order valence-corrected chi connectivity index (χ1v) is 11.7. The van der Waals surface area contributed by atoms with Gasteiger partial charge in [-0.3, -0.25) is 0 Å². The lowest BCUT2D eigenvalue weighted by Gasteiger charge is -2.36. The predicted octanol–water partition coefficient (Wildman–Crippen LogP) is 4.56. The number of hydrogen-bond donors (Lipinski definition) is 1. The van der Waals surface area contributed by atoms with Gasteiger partial charge in [0.05, 0.1) is 12.3 Å². The maximum Gasteiger partial charge on any atom is 0.192 e. The van der Waals surface area contributed by atoms with E-state index < -0.39 is 8.32 Å². The molecule has 134 valence electrons. The molecule has 0 saturated heterocycles. The maximum absolute atomic E-state index is 9.49. The van der Waals surface area contributed by atoms with Crippen LogP contribution in [0.2, 0.25) is 18.1 Å². The molecule has 0 bridgehead atoms. The number of allylic oxidation sites excluding steroid dienone is 2. The zero-order chi connectivity index (χ0) is 18.0. The van der Waals surface area contributed by atoms with E-state index in [9.17, 15) is 5.11 Å². The first-order chi connectivity index (χ1) is 11.1. The lowest BCUT2D eigenvalue weighted by molar-refractivity contribution is 0.133. The van der Waals surface area contributed by atoms with E-state index in [4.69, 9.17) is 9.41 Å². The van der Waals surface area contributed by atoms with Crippen molar-refractivity contribution in [1.82, 2.24) is 9.97 Å². The van der Waals surface area contributed by atoms with Crippen molar-refractivity contribution < 1.29 is 9.53 Å². The van der Waals surface area contributed by atoms with Gasteiger partial charge in [-0.15, -0.1) is 0 Å². The summed E-state index contributed by atoms with van der Waals surface area (Å²) in [6.07, 6.45) is 6.79. The van der Waals surface area contributed by atoms with Crippen molar-refractivity contribution in [2.75, 3.05) is 6.61 Å². The van der Waals surface area contributed by atoms with Crippen molar-refractivity contribution in [3.05, 3.63) is 29.9 Å². The predicted molar refractivity (Wildman–Crippen MR) is 101 cm³/mol. The maximum atomic E-state index is 9.49. The molecule has 0 spiro atoms. The molecule has 0 amide bonds. The molecule has 0 radical (unpaired) electrons. The summed E-state index contributed by atoms with van der Waals surface area (Å²) in [4.78, 5) is 9.15. The van der Waals surface area contributed by atoms with Gasteiger partial charge in [-0.1, -0.05) is 33.8 Å². The fourth-order valence-corrected chi connectivity index (χ4v) is 3.40. The van der Waals surface area contributed by atoms with Crippen LogP contribution >= 0.6 is 0 Å². The molecule has 1 atom stereocenters. The molecule has 1 aliphatic carbocycles. The quantitative estimate of drug-likeness (QED) is 0.792. The first kappa shape index (κ1) is 19.3. The Morgan fingerprint density at radius 2 is 2.04 bits per heavy atom. The van der Waals surface area contributed by atoms with E-state index in [0.29, 0.717) is 6.61 Å². The van der Waals surface area contributed by atoms with Crippen molar-refractivity contribution in [3.63, 3.8) is 0 Å². The summed E-state index contributed by atoms with van der Waals surface area (Å²) >= 11 is 0. The number of aliphatic hydroxyl groups excluding tert-OH is 1. The molecule has 1 N–H and O–H groups in total. The molecule has 1 heterocycles. The van der Waals surface area contributed by atoms with Crippen LogP contribution in [0.3, 0.4) is 0 Å². The minimum Gasteiger partial charge on any atom is -0.411 e. The van der Waals surface area contributed by atoms with Crippen LogP contribution in [-0.4, -0.2) is 30.0 Å². The van der Waals surface area contributed by atoms with Gasteiger partial charge >= 0.3 is 0 Å². The highest BCUT2D eigenvalue weighted by Gasteiger charge is 2.37. The van der Waals surface area contributed by atoms with Crippen LogP contribution < -0.4 is 0 Å². The second kappa shape index (κ2) is 7.06.